The number of ether oxygens (including phenoxy) is 1. The molecule has 1 aliphatic heterocycles. The molecule has 3 heteroatoms. The standard InChI is InChI=1S/C16H18N2O/c1-2-16(12-17-7-1)15-5-3-14(4-6-15)13-18-8-10-19-11-9-18/h1-7,12H,8-11,13H2. The van der Waals surface area contributed by atoms with Gasteiger partial charge in [0, 0.05) is 32.0 Å². The molecule has 0 aliphatic carbocycles. The van der Waals surface area contributed by atoms with Crippen LogP contribution in [0.5, 0.6) is 0 Å². The van der Waals surface area contributed by atoms with Gasteiger partial charge >= 0.3 is 0 Å². The Kier molecular flexibility index (Phi) is 3.86. The van der Waals surface area contributed by atoms with E-state index in [0.717, 1.165) is 32.8 Å². The molecule has 1 aromatic carbocycles. The summed E-state index contributed by atoms with van der Waals surface area (Å²) in [6, 6.07) is 12.8. The maximum atomic E-state index is 5.37. The lowest BCUT2D eigenvalue weighted by molar-refractivity contribution is 0.0342. The molecule has 1 aromatic heterocycles. The second kappa shape index (κ2) is 5.95. The molecule has 2 aromatic rings. The number of pyridine rings is 1. The highest BCUT2D eigenvalue weighted by atomic mass is 16.5. The van der Waals surface area contributed by atoms with Crippen molar-refractivity contribution in [2.24, 2.45) is 0 Å². The molecule has 2 heterocycles. The SMILES string of the molecule is c1cncc(-c2ccc(CN3CCOCC3)cc2)c1. The van der Waals surface area contributed by atoms with Gasteiger partial charge in [-0.3, -0.25) is 9.88 Å². The van der Waals surface area contributed by atoms with Crippen molar-refractivity contribution in [1.29, 1.82) is 0 Å². The first-order valence-electron chi connectivity index (χ1n) is 6.71. The van der Waals surface area contributed by atoms with E-state index in [4.69, 9.17) is 4.74 Å². The highest BCUT2D eigenvalue weighted by molar-refractivity contribution is 5.62. The first-order chi connectivity index (χ1) is 9.42. The van der Waals surface area contributed by atoms with Crippen LogP contribution in [0.1, 0.15) is 5.56 Å². The summed E-state index contributed by atoms with van der Waals surface area (Å²) in [7, 11) is 0. The van der Waals surface area contributed by atoms with Gasteiger partial charge in [0.1, 0.15) is 0 Å². The van der Waals surface area contributed by atoms with Crippen LogP contribution >= 0.6 is 0 Å². The van der Waals surface area contributed by atoms with Gasteiger partial charge in [-0.25, -0.2) is 0 Å². The molecule has 98 valence electrons. The molecule has 1 fully saturated rings. The Hall–Kier alpha value is -1.71. The highest BCUT2D eigenvalue weighted by Gasteiger charge is 2.10. The molecule has 0 amide bonds. The molecule has 0 unspecified atom stereocenters. The minimum absolute atomic E-state index is 0.855. The summed E-state index contributed by atoms with van der Waals surface area (Å²) in [5, 5.41) is 0. The van der Waals surface area contributed by atoms with Crippen molar-refractivity contribution in [2.45, 2.75) is 6.54 Å². The van der Waals surface area contributed by atoms with Gasteiger partial charge in [0.25, 0.3) is 0 Å². The van der Waals surface area contributed by atoms with E-state index >= 15 is 0 Å². The lowest BCUT2D eigenvalue weighted by Gasteiger charge is -2.26. The van der Waals surface area contributed by atoms with E-state index in [-0.39, 0.29) is 0 Å². The zero-order valence-electron chi connectivity index (χ0n) is 11.0. The van der Waals surface area contributed by atoms with Crippen LogP contribution < -0.4 is 0 Å². The third kappa shape index (κ3) is 3.19. The lowest BCUT2D eigenvalue weighted by Crippen LogP contribution is -2.35. The molecule has 0 saturated carbocycles. The van der Waals surface area contributed by atoms with E-state index in [9.17, 15) is 0 Å². The summed E-state index contributed by atoms with van der Waals surface area (Å²) in [4.78, 5) is 6.59. The predicted molar refractivity (Wildman–Crippen MR) is 75.8 cm³/mol. The summed E-state index contributed by atoms with van der Waals surface area (Å²) in [5.41, 5.74) is 3.74. The average Bonchev–Trinajstić information content (AvgIpc) is 2.50. The van der Waals surface area contributed by atoms with Gasteiger partial charge in [-0.15, -0.1) is 0 Å². The van der Waals surface area contributed by atoms with E-state index in [1.165, 1.54) is 16.7 Å². The van der Waals surface area contributed by atoms with Gasteiger partial charge < -0.3 is 4.74 Å². The Balaban J connectivity index is 1.68. The van der Waals surface area contributed by atoms with Gasteiger partial charge in [0.05, 0.1) is 13.2 Å². The largest absolute Gasteiger partial charge is 0.379 e. The van der Waals surface area contributed by atoms with Gasteiger partial charge in [-0.2, -0.15) is 0 Å². The zero-order valence-corrected chi connectivity index (χ0v) is 11.0. The van der Waals surface area contributed by atoms with Gasteiger partial charge in [-0.05, 0) is 22.8 Å². The Morgan fingerprint density at radius 1 is 1.00 bits per heavy atom. The van der Waals surface area contributed by atoms with Gasteiger partial charge in [0.15, 0.2) is 0 Å². The zero-order chi connectivity index (χ0) is 12.9. The first-order valence-corrected chi connectivity index (χ1v) is 6.71. The highest BCUT2D eigenvalue weighted by Crippen LogP contribution is 2.19. The first kappa shape index (κ1) is 12.3. The van der Waals surface area contributed by atoms with Crippen LogP contribution in [-0.2, 0) is 11.3 Å². The van der Waals surface area contributed by atoms with Crippen molar-refractivity contribution in [3.05, 3.63) is 54.4 Å². The molecule has 1 saturated heterocycles. The summed E-state index contributed by atoms with van der Waals surface area (Å²) in [5.74, 6) is 0. The van der Waals surface area contributed by atoms with Crippen LogP contribution in [0.15, 0.2) is 48.8 Å². The van der Waals surface area contributed by atoms with E-state index in [1.807, 2.05) is 12.3 Å². The monoisotopic (exact) mass is 254 g/mol. The van der Waals surface area contributed by atoms with Gasteiger partial charge in [0.2, 0.25) is 0 Å². The van der Waals surface area contributed by atoms with E-state index in [2.05, 4.69) is 40.2 Å². The second-order valence-electron chi connectivity index (χ2n) is 4.83. The molecule has 1 aliphatic rings. The Bertz CT molecular complexity index is 504. The molecular formula is C16H18N2O. The Labute approximate surface area is 113 Å². The Morgan fingerprint density at radius 3 is 2.47 bits per heavy atom. The van der Waals surface area contributed by atoms with E-state index in [0.29, 0.717) is 0 Å². The quantitative estimate of drug-likeness (QED) is 0.842. The van der Waals surface area contributed by atoms with Crippen molar-refractivity contribution in [1.82, 2.24) is 9.88 Å². The second-order valence-corrected chi connectivity index (χ2v) is 4.83. The van der Waals surface area contributed by atoms with Crippen LogP contribution in [0, 0.1) is 0 Å². The third-order valence-electron chi connectivity index (χ3n) is 3.46. The van der Waals surface area contributed by atoms with Crippen molar-refractivity contribution < 1.29 is 4.74 Å². The van der Waals surface area contributed by atoms with Crippen molar-refractivity contribution in [3.63, 3.8) is 0 Å². The lowest BCUT2D eigenvalue weighted by atomic mass is 10.1. The summed E-state index contributed by atoms with van der Waals surface area (Å²) in [6.45, 7) is 4.78. The van der Waals surface area contributed by atoms with Crippen LogP contribution in [0.2, 0.25) is 0 Å². The molecule has 19 heavy (non-hydrogen) atoms. The summed E-state index contributed by atoms with van der Waals surface area (Å²) >= 11 is 0. The van der Waals surface area contributed by atoms with E-state index in [1.54, 1.807) is 6.20 Å². The number of rotatable bonds is 3. The van der Waals surface area contributed by atoms with Crippen LogP contribution in [0.25, 0.3) is 11.1 Å². The fourth-order valence-electron chi connectivity index (χ4n) is 2.35. The minimum atomic E-state index is 0.855. The fourth-order valence-corrected chi connectivity index (χ4v) is 2.35. The maximum Gasteiger partial charge on any atom is 0.0594 e. The topological polar surface area (TPSA) is 25.4 Å². The molecule has 0 atom stereocenters. The third-order valence-corrected chi connectivity index (χ3v) is 3.46. The van der Waals surface area contributed by atoms with Crippen molar-refractivity contribution in [3.8, 4) is 11.1 Å². The van der Waals surface area contributed by atoms with Crippen molar-refractivity contribution in [2.75, 3.05) is 26.3 Å². The minimum Gasteiger partial charge on any atom is -0.379 e. The number of morpholine rings is 1. The molecule has 3 nitrogen and oxygen atoms in total. The van der Waals surface area contributed by atoms with Crippen LogP contribution in [0.4, 0.5) is 0 Å². The smallest absolute Gasteiger partial charge is 0.0594 e. The van der Waals surface area contributed by atoms with Crippen LogP contribution in [-0.4, -0.2) is 36.2 Å². The number of aromatic nitrogens is 1. The maximum absolute atomic E-state index is 5.37. The van der Waals surface area contributed by atoms with E-state index < -0.39 is 0 Å². The molecule has 0 spiro atoms. The summed E-state index contributed by atoms with van der Waals surface area (Å²) < 4.78 is 5.37. The molecule has 0 bridgehead atoms. The number of benzene rings is 1. The molecule has 0 radical (unpaired) electrons. The number of hydrogen-bond acceptors (Lipinski definition) is 3. The van der Waals surface area contributed by atoms with Crippen molar-refractivity contribution >= 4 is 0 Å². The molecule has 0 N–H and O–H groups in total. The summed E-state index contributed by atoms with van der Waals surface area (Å²) in [6.07, 6.45) is 3.70. The molecular weight excluding hydrogens is 236 g/mol. The number of nitrogens with zero attached hydrogens (tertiary/aromatic N) is 2. The molecule has 3 rings (SSSR count). The fraction of sp³-hybridized carbons (Fsp3) is 0.312. The normalized spacial score (nSPS) is 16.4. The average molecular weight is 254 g/mol. The number of hydrogen-bond donors (Lipinski definition) is 0. The van der Waals surface area contributed by atoms with Crippen LogP contribution in [0.3, 0.4) is 0 Å². The van der Waals surface area contributed by atoms with Gasteiger partial charge in [-0.1, -0.05) is 30.3 Å². The Morgan fingerprint density at radius 2 is 1.79 bits per heavy atom. The predicted octanol–water partition coefficient (Wildman–Crippen LogP) is 2.58.